The molecule has 0 unspecified atom stereocenters. The Bertz CT molecular complexity index is 245. The standard InChI is InChI=1S/C12H20O4/c1-14-11(13)6-5-10-4-2-3-7-12(10)15-8-9-16-12/h10H,2-9H2,1H3/t10-/m0/s1. The molecule has 2 rings (SSSR count). The highest BCUT2D eigenvalue weighted by molar-refractivity contribution is 5.69. The zero-order valence-corrected chi connectivity index (χ0v) is 9.87. The van der Waals surface area contributed by atoms with Gasteiger partial charge in [-0.1, -0.05) is 6.42 Å². The molecule has 2 fully saturated rings. The SMILES string of the molecule is COC(=O)CC[C@@H]1CCCCC12OCCO2. The maximum absolute atomic E-state index is 11.2. The van der Waals surface area contributed by atoms with E-state index in [2.05, 4.69) is 4.74 Å². The van der Waals surface area contributed by atoms with E-state index in [0.717, 1.165) is 25.7 Å². The summed E-state index contributed by atoms with van der Waals surface area (Å²) in [6.07, 6.45) is 5.72. The first kappa shape index (κ1) is 11.9. The number of methoxy groups -OCH3 is 1. The van der Waals surface area contributed by atoms with Crippen LogP contribution in [-0.2, 0) is 19.0 Å². The number of hydrogen-bond acceptors (Lipinski definition) is 4. The third-order valence-corrected chi connectivity index (χ3v) is 3.65. The van der Waals surface area contributed by atoms with E-state index < -0.39 is 0 Å². The van der Waals surface area contributed by atoms with Gasteiger partial charge in [-0.3, -0.25) is 4.79 Å². The molecule has 1 aliphatic heterocycles. The summed E-state index contributed by atoms with van der Waals surface area (Å²) < 4.78 is 16.2. The monoisotopic (exact) mass is 228 g/mol. The van der Waals surface area contributed by atoms with Crippen LogP contribution in [0.25, 0.3) is 0 Å². The summed E-state index contributed by atoms with van der Waals surface area (Å²) in [5, 5.41) is 0. The molecular formula is C12H20O4. The molecular weight excluding hydrogens is 208 g/mol. The van der Waals surface area contributed by atoms with Crippen LogP contribution in [0.15, 0.2) is 0 Å². The fraction of sp³-hybridized carbons (Fsp3) is 0.917. The number of ether oxygens (including phenoxy) is 3. The molecule has 1 spiro atoms. The highest BCUT2D eigenvalue weighted by Gasteiger charge is 2.45. The molecule has 1 saturated heterocycles. The second kappa shape index (κ2) is 5.15. The van der Waals surface area contributed by atoms with Crippen molar-refractivity contribution in [2.24, 2.45) is 5.92 Å². The van der Waals surface area contributed by atoms with Crippen molar-refractivity contribution in [1.29, 1.82) is 0 Å². The van der Waals surface area contributed by atoms with Crippen molar-refractivity contribution in [3.05, 3.63) is 0 Å². The molecule has 1 heterocycles. The van der Waals surface area contributed by atoms with Gasteiger partial charge >= 0.3 is 5.97 Å². The maximum Gasteiger partial charge on any atom is 0.305 e. The zero-order valence-electron chi connectivity index (χ0n) is 9.87. The van der Waals surface area contributed by atoms with Crippen LogP contribution in [0.3, 0.4) is 0 Å². The topological polar surface area (TPSA) is 44.8 Å². The Labute approximate surface area is 96.2 Å². The molecule has 1 saturated carbocycles. The largest absolute Gasteiger partial charge is 0.469 e. The van der Waals surface area contributed by atoms with Crippen LogP contribution in [0.5, 0.6) is 0 Å². The minimum absolute atomic E-state index is 0.140. The molecule has 2 aliphatic rings. The first-order valence-electron chi connectivity index (χ1n) is 6.11. The van der Waals surface area contributed by atoms with E-state index in [1.165, 1.54) is 13.5 Å². The quantitative estimate of drug-likeness (QED) is 0.692. The predicted octanol–water partition coefficient (Wildman–Crippen LogP) is 1.87. The van der Waals surface area contributed by atoms with Crippen molar-refractivity contribution in [3.63, 3.8) is 0 Å². The lowest BCUT2D eigenvalue weighted by molar-refractivity contribution is -0.214. The van der Waals surface area contributed by atoms with E-state index in [4.69, 9.17) is 9.47 Å². The number of carbonyl (C=O) groups excluding carboxylic acids is 1. The molecule has 1 aliphatic carbocycles. The molecule has 0 radical (unpaired) electrons. The highest BCUT2D eigenvalue weighted by atomic mass is 16.7. The van der Waals surface area contributed by atoms with Crippen molar-refractivity contribution >= 4 is 5.97 Å². The van der Waals surface area contributed by atoms with E-state index >= 15 is 0 Å². The highest BCUT2D eigenvalue weighted by Crippen LogP contribution is 2.42. The Hall–Kier alpha value is -0.610. The van der Waals surface area contributed by atoms with E-state index in [1.54, 1.807) is 0 Å². The number of esters is 1. The van der Waals surface area contributed by atoms with Gasteiger partial charge in [0.2, 0.25) is 0 Å². The van der Waals surface area contributed by atoms with E-state index in [1.807, 2.05) is 0 Å². The third-order valence-electron chi connectivity index (χ3n) is 3.65. The molecule has 92 valence electrons. The molecule has 1 atom stereocenters. The average molecular weight is 228 g/mol. The van der Waals surface area contributed by atoms with Gasteiger partial charge in [-0.25, -0.2) is 0 Å². The van der Waals surface area contributed by atoms with Crippen LogP contribution in [0.4, 0.5) is 0 Å². The van der Waals surface area contributed by atoms with Crippen LogP contribution in [-0.4, -0.2) is 32.1 Å². The average Bonchev–Trinajstić information content (AvgIpc) is 2.77. The summed E-state index contributed by atoms with van der Waals surface area (Å²) >= 11 is 0. The Morgan fingerprint density at radius 1 is 1.38 bits per heavy atom. The Morgan fingerprint density at radius 3 is 2.81 bits per heavy atom. The summed E-state index contributed by atoms with van der Waals surface area (Å²) in [5.41, 5.74) is 0. The summed E-state index contributed by atoms with van der Waals surface area (Å²) in [6.45, 7) is 1.38. The summed E-state index contributed by atoms with van der Waals surface area (Å²) in [5.74, 6) is -0.173. The van der Waals surface area contributed by atoms with Gasteiger partial charge in [0.05, 0.1) is 20.3 Å². The van der Waals surface area contributed by atoms with Gasteiger partial charge in [-0.15, -0.1) is 0 Å². The van der Waals surface area contributed by atoms with Crippen LogP contribution < -0.4 is 0 Å². The fourth-order valence-electron chi connectivity index (χ4n) is 2.80. The summed E-state index contributed by atoms with van der Waals surface area (Å²) in [7, 11) is 1.43. The molecule has 0 aromatic carbocycles. The molecule has 0 bridgehead atoms. The molecule has 0 N–H and O–H groups in total. The summed E-state index contributed by atoms with van der Waals surface area (Å²) in [6, 6.07) is 0. The number of carbonyl (C=O) groups is 1. The van der Waals surface area contributed by atoms with Crippen molar-refractivity contribution < 1.29 is 19.0 Å². The van der Waals surface area contributed by atoms with Crippen molar-refractivity contribution in [1.82, 2.24) is 0 Å². The third kappa shape index (κ3) is 2.38. The van der Waals surface area contributed by atoms with E-state index in [0.29, 0.717) is 25.6 Å². The second-order valence-corrected chi connectivity index (χ2v) is 4.57. The summed E-state index contributed by atoms with van der Waals surface area (Å²) in [4.78, 5) is 11.2. The molecule has 4 nitrogen and oxygen atoms in total. The van der Waals surface area contributed by atoms with E-state index in [-0.39, 0.29) is 11.8 Å². The first-order chi connectivity index (χ1) is 7.77. The Morgan fingerprint density at radius 2 is 2.12 bits per heavy atom. The fourth-order valence-corrected chi connectivity index (χ4v) is 2.80. The van der Waals surface area contributed by atoms with Crippen LogP contribution in [0.1, 0.15) is 38.5 Å². The van der Waals surface area contributed by atoms with E-state index in [9.17, 15) is 4.79 Å². The van der Waals surface area contributed by atoms with Crippen molar-refractivity contribution in [2.75, 3.05) is 20.3 Å². The normalized spacial score (nSPS) is 28.2. The molecule has 16 heavy (non-hydrogen) atoms. The lowest BCUT2D eigenvalue weighted by atomic mass is 9.80. The maximum atomic E-state index is 11.2. The first-order valence-corrected chi connectivity index (χ1v) is 6.11. The number of hydrogen-bond donors (Lipinski definition) is 0. The van der Waals surface area contributed by atoms with Crippen molar-refractivity contribution in [2.45, 2.75) is 44.3 Å². The van der Waals surface area contributed by atoms with Crippen LogP contribution in [0.2, 0.25) is 0 Å². The van der Waals surface area contributed by atoms with Gasteiger partial charge in [0, 0.05) is 18.8 Å². The molecule has 0 amide bonds. The lowest BCUT2D eigenvalue weighted by Crippen LogP contribution is -2.42. The zero-order chi connectivity index (χ0) is 11.4. The van der Waals surface area contributed by atoms with Gasteiger partial charge in [-0.2, -0.15) is 0 Å². The molecule has 0 aromatic heterocycles. The van der Waals surface area contributed by atoms with Gasteiger partial charge in [0.1, 0.15) is 0 Å². The smallest absolute Gasteiger partial charge is 0.305 e. The number of rotatable bonds is 3. The second-order valence-electron chi connectivity index (χ2n) is 4.57. The van der Waals surface area contributed by atoms with Crippen LogP contribution >= 0.6 is 0 Å². The predicted molar refractivity (Wildman–Crippen MR) is 57.8 cm³/mol. The van der Waals surface area contributed by atoms with Gasteiger partial charge in [0.15, 0.2) is 5.79 Å². The van der Waals surface area contributed by atoms with Gasteiger partial charge < -0.3 is 14.2 Å². The molecule has 0 aromatic rings. The van der Waals surface area contributed by atoms with Crippen molar-refractivity contribution in [3.8, 4) is 0 Å². The Balaban J connectivity index is 1.92. The molecule has 4 heteroatoms. The van der Waals surface area contributed by atoms with Crippen LogP contribution in [0, 0.1) is 5.92 Å². The Kier molecular flexibility index (Phi) is 3.82. The van der Waals surface area contributed by atoms with Gasteiger partial charge in [-0.05, 0) is 19.3 Å². The minimum Gasteiger partial charge on any atom is -0.469 e. The lowest BCUT2D eigenvalue weighted by Gasteiger charge is -2.39. The van der Waals surface area contributed by atoms with Gasteiger partial charge in [0.25, 0.3) is 0 Å². The minimum atomic E-state index is -0.383.